The Morgan fingerprint density at radius 3 is 2.12 bits per heavy atom. The van der Waals surface area contributed by atoms with Crippen LogP contribution in [0.2, 0.25) is 0 Å². The predicted octanol–water partition coefficient (Wildman–Crippen LogP) is -2.41. The molecule has 16 heteroatoms. The maximum Gasteiger partial charge on any atom is 0.326 e. The summed E-state index contributed by atoms with van der Waals surface area (Å²) in [7, 11) is 0. The number of carbonyl (C=O) groups is 5. The lowest BCUT2D eigenvalue weighted by atomic mass is 10.0. The number of carboxylic acid groups (broad SMARTS) is 2. The first-order valence-corrected chi connectivity index (χ1v) is 12.6. The fourth-order valence-electron chi connectivity index (χ4n) is 3.76. The third kappa shape index (κ3) is 11.7. The Balaban J connectivity index is 2.21. The molecule has 0 radical (unpaired) electrons. The van der Waals surface area contributed by atoms with Crippen LogP contribution in [-0.2, 0) is 36.8 Å². The van der Waals surface area contributed by atoms with E-state index in [9.17, 15) is 29.1 Å². The van der Waals surface area contributed by atoms with Gasteiger partial charge in [0.25, 0.3) is 0 Å². The Morgan fingerprint density at radius 1 is 0.902 bits per heavy atom. The van der Waals surface area contributed by atoms with E-state index in [4.69, 9.17) is 22.3 Å². The minimum Gasteiger partial charge on any atom is -0.481 e. The number of aromatic nitrogens is 2. The lowest BCUT2D eigenvalue weighted by Gasteiger charge is -2.25. The standard InChI is InChI=1S/C25H35N9O7/c26-16(9-14-5-2-1-3-6-14)21(37)33-18(10-15-12-29-13-31-15)23(39)32-17(7-4-8-30-25(27)28)22(38)34-19(24(40)41)11-20(35)36/h1-3,5-6,12-13,16-19H,4,7-11,26H2,(H,29,31)(H,32,39)(H,33,37)(H,34,38)(H,35,36)(H,40,41)(H4,27,28,30). The second kappa shape index (κ2) is 16.2. The van der Waals surface area contributed by atoms with Crippen LogP contribution in [0.1, 0.15) is 30.5 Å². The van der Waals surface area contributed by atoms with E-state index in [1.54, 1.807) is 12.1 Å². The van der Waals surface area contributed by atoms with Gasteiger partial charge >= 0.3 is 11.9 Å². The summed E-state index contributed by atoms with van der Waals surface area (Å²) in [5.41, 5.74) is 18.0. The van der Waals surface area contributed by atoms with Crippen molar-refractivity contribution < 1.29 is 34.2 Å². The normalized spacial score (nSPS) is 13.6. The van der Waals surface area contributed by atoms with Crippen molar-refractivity contribution in [1.29, 1.82) is 0 Å². The molecule has 2 aromatic rings. The van der Waals surface area contributed by atoms with Crippen molar-refractivity contribution in [3.63, 3.8) is 0 Å². The molecule has 0 saturated carbocycles. The van der Waals surface area contributed by atoms with Crippen LogP contribution < -0.4 is 33.2 Å². The molecule has 1 aromatic carbocycles. The summed E-state index contributed by atoms with van der Waals surface area (Å²) >= 11 is 0. The number of guanidine groups is 1. The Kier molecular flexibility index (Phi) is 12.7. The molecule has 0 aliphatic heterocycles. The monoisotopic (exact) mass is 573 g/mol. The second-order valence-electron chi connectivity index (χ2n) is 9.15. The van der Waals surface area contributed by atoms with Gasteiger partial charge in [0.1, 0.15) is 18.1 Å². The highest BCUT2D eigenvalue weighted by Crippen LogP contribution is 2.07. The van der Waals surface area contributed by atoms with Gasteiger partial charge in [-0.15, -0.1) is 0 Å². The molecule has 4 atom stereocenters. The Labute approximate surface area is 235 Å². The molecule has 0 spiro atoms. The number of carboxylic acids is 2. The van der Waals surface area contributed by atoms with Crippen LogP contribution in [0.25, 0.3) is 0 Å². The number of benzene rings is 1. The van der Waals surface area contributed by atoms with Crippen molar-refractivity contribution in [3.8, 4) is 0 Å². The van der Waals surface area contributed by atoms with Crippen molar-refractivity contribution in [1.82, 2.24) is 25.9 Å². The molecule has 0 aliphatic carbocycles. The van der Waals surface area contributed by atoms with Gasteiger partial charge in [0.15, 0.2) is 5.96 Å². The maximum atomic E-state index is 13.4. The molecule has 222 valence electrons. The number of aliphatic carboxylic acids is 2. The van der Waals surface area contributed by atoms with Gasteiger partial charge in [-0.25, -0.2) is 9.78 Å². The van der Waals surface area contributed by atoms with E-state index in [0.717, 1.165) is 5.56 Å². The van der Waals surface area contributed by atoms with Gasteiger partial charge in [0.05, 0.1) is 18.8 Å². The third-order valence-electron chi connectivity index (χ3n) is 5.82. The topological polar surface area (TPSA) is 281 Å². The molecule has 12 N–H and O–H groups in total. The van der Waals surface area contributed by atoms with Crippen molar-refractivity contribution in [3.05, 3.63) is 54.1 Å². The molecule has 16 nitrogen and oxygen atoms in total. The predicted molar refractivity (Wildman–Crippen MR) is 146 cm³/mol. The molecule has 1 aromatic heterocycles. The first-order chi connectivity index (χ1) is 19.5. The van der Waals surface area contributed by atoms with E-state index < -0.39 is 60.2 Å². The molecule has 2 rings (SSSR count). The number of nitrogens with two attached hydrogens (primary N) is 3. The van der Waals surface area contributed by atoms with Crippen molar-refractivity contribution in [2.45, 2.75) is 56.3 Å². The largest absolute Gasteiger partial charge is 0.481 e. The number of hydrogen-bond acceptors (Lipinski definition) is 8. The van der Waals surface area contributed by atoms with Gasteiger partial charge in [-0.05, 0) is 24.8 Å². The van der Waals surface area contributed by atoms with Crippen LogP contribution in [0.5, 0.6) is 0 Å². The number of carbonyl (C=O) groups excluding carboxylic acids is 3. The molecule has 41 heavy (non-hydrogen) atoms. The molecule has 0 bridgehead atoms. The number of hydrogen-bond donors (Lipinski definition) is 9. The van der Waals surface area contributed by atoms with Crippen LogP contribution in [0.15, 0.2) is 47.8 Å². The van der Waals surface area contributed by atoms with Crippen LogP contribution in [-0.4, -0.2) is 86.5 Å². The van der Waals surface area contributed by atoms with E-state index in [1.807, 2.05) is 18.2 Å². The fourth-order valence-corrected chi connectivity index (χ4v) is 3.76. The molecule has 0 aliphatic rings. The molecule has 3 amide bonds. The molecule has 4 unspecified atom stereocenters. The van der Waals surface area contributed by atoms with Crippen LogP contribution >= 0.6 is 0 Å². The van der Waals surface area contributed by atoms with Crippen LogP contribution in [0, 0.1) is 0 Å². The highest BCUT2D eigenvalue weighted by molar-refractivity contribution is 5.94. The molecular formula is C25H35N9O7. The average Bonchev–Trinajstić information content (AvgIpc) is 3.42. The molecule has 0 fully saturated rings. The fraction of sp³-hybridized carbons (Fsp3) is 0.400. The second-order valence-corrected chi connectivity index (χ2v) is 9.15. The lowest BCUT2D eigenvalue weighted by Crippen LogP contribution is -2.58. The summed E-state index contributed by atoms with van der Waals surface area (Å²) in [6, 6.07) is 3.80. The molecular weight excluding hydrogens is 538 g/mol. The number of imidazole rings is 1. The van der Waals surface area contributed by atoms with Gasteiger partial charge in [-0.3, -0.25) is 24.2 Å². The van der Waals surface area contributed by atoms with Gasteiger partial charge in [0.2, 0.25) is 17.7 Å². The van der Waals surface area contributed by atoms with E-state index >= 15 is 0 Å². The quantitative estimate of drug-likeness (QED) is 0.0545. The molecule has 0 saturated heterocycles. The summed E-state index contributed by atoms with van der Waals surface area (Å²) in [6.07, 6.45) is 2.31. The third-order valence-corrected chi connectivity index (χ3v) is 5.82. The lowest BCUT2D eigenvalue weighted by molar-refractivity contribution is -0.147. The van der Waals surface area contributed by atoms with Gasteiger partial charge in [-0.1, -0.05) is 30.3 Å². The maximum absolute atomic E-state index is 13.4. The summed E-state index contributed by atoms with van der Waals surface area (Å²) in [5.74, 6) is -5.52. The van der Waals surface area contributed by atoms with Gasteiger partial charge < -0.3 is 48.3 Å². The molecule has 1 heterocycles. The van der Waals surface area contributed by atoms with E-state index in [1.165, 1.54) is 12.5 Å². The first kappa shape index (κ1) is 32.2. The minimum atomic E-state index is -1.74. The number of aromatic amines is 1. The zero-order chi connectivity index (χ0) is 30.4. The number of aliphatic imine (C=N–C) groups is 1. The van der Waals surface area contributed by atoms with Crippen molar-refractivity contribution >= 4 is 35.6 Å². The van der Waals surface area contributed by atoms with E-state index in [2.05, 4.69) is 30.9 Å². The highest BCUT2D eigenvalue weighted by atomic mass is 16.4. The Morgan fingerprint density at radius 2 is 1.54 bits per heavy atom. The highest BCUT2D eigenvalue weighted by Gasteiger charge is 2.31. The number of H-pyrrole nitrogens is 1. The van der Waals surface area contributed by atoms with Crippen LogP contribution in [0.3, 0.4) is 0 Å². The summed E-state index contributed by atoms with van der Waals surface area (Å²) in [4.78, 5) is 72.4. The summed E-state index contributed by atoms with van der Waals surface area (Å²) in [6.45, 7) is 0.0993. The SMILES string of the molecule is NC(N)=NCCCC(NC(=O)C(Cc1cnc[nH]1)NC(=O)C(N)Cc1ccccc1)C(=O)NC(CC(=O)O)C(=O)O. The van der Waals surface area contributed by atoms with Crippen molar-refractivity contribution in [2.75, 3.05) is 6.54 Å². The number of nitrogens with zero attached hydrogens (tertiary/aromatic N) is 2. The Hall–Kier alpha value is -4.99. The minimum absolute atomic E-state index is 0.0330. The number of nitrogens with one attached hydrogen (secondary N) is 4. The number of rotatable bonds is 17. The smallest absolute Gasteiger partial charge is 0.326 e. The Bertz CT molecular complexity index is 1200. The van der Waals surface area contributed by atoms with Crippen molar-refractivity contribution in [2.24, 2.45) is 22.2 Å². The zero-order valence-electron chi connectivity index (χ0n) is 22.2. The van der Waals surface area contributed by atoms with Gasteiger partial charge in [0, 0.05) is 24.9 Å². The average molecular weight is 574 g/mol. The van der Waals surface area contributed by atoms with Gasteiger partial charge in [-0.2, -0.15) is 0 Å². The first-order valence-electron chi connectivity index (χ1n) is 12.6. The zero-order valence-corrected chi connectivity index (χ0v) is 22.2. The number of amides is 3. The summed E-state index contributed by atoms with van der Waals surface area (Å²) in [5, 5.41) is 25.6. The van der Waals surface area contributed by atoms with E-state index in [0.29, 0.717) is 5.69 Å². The van der Waals surface area contributed by atoms with E-state index in [-0.39, 0.29) is 38.2 Å². The van der Waals surface area contributed by atoms with Crippen LogP contribution in [0.4, 0.5) is 0 Å². The summed E-state index contributed by atoms with van der Waals surface area (Å²) < 4.78 is 0.